The second-order valence-electron chi connectivity index (χ2n) is 6.99. The molecule has 1 unspecified atom stereocenters. The molecule has 1 saturated heterocycles. The standard InChI is InChI=1S/C20H24F4N6O.HI/c1-2-25-19(28-11-14-5-8-26-17(10-14)31-13-20(22,23)24)29-15-6-9-30(12-15)18-16(21)4-3-7-27-18;/h3-5,7-8,10,15H,2,6,9,11-13H2,1H3,(H2,25,28,29);1H. The molecule has 32 heavy (non-hydrogen) atoms. The maximum Gasteiger partial charge on any atom is 0.422 e. The molecular weight excluding hydrogens is 543 g/mol. The lowest BCUT2D eigenvalue weighted by atomic mass is 10.2. The molecule has 2 aromatic rings. The van der Waals surface area contributed by atoms with Crippen molar-refractivity contribution < 1.29 is 22.3 Å². The summed E-state index contributed by atoms with van der Waals surface area (Å²) in [7, 11) is 0. The Bertz CT molecular complexity index is 898. The van der Waals surface area contributed by atoms with Gasteiger partial charge in [0.25, 0.3) is 0 Å². The van der Waals surface area contributed by atoms with Gasteiger partial charge in [-0.05, 0) is 37.1 Å². The van der Waals surface area contributed by atoms with E-state index in [4.69, 9.17) is 0 Å². The number of aliphatic imine (C=N–C) groups is 1. The molecule has 0 aliphatic carbocycles. The third kappa shape index (κ3) is 7.95. The summed E-state index contributed by atoms with van der Waals surface area (Å²) in [5.41, 5.74) is 0.660. The lowest BCUT2D eigenvalue weighted by Gasteiger charge is -2.20. The summed E-state index contributed by atoms with van der Waals surface area (Å²) in [4.78, 5) is 14.3. The second kappa shape index (κ2) is 12.0. The molecule has 0 radical (unpaired) electrons. The Morgan fingerprint density at radius 1 is 1.28 bits per heavy atom. The highest BCUT2D eigenvalue weighted by atomic mass is 127. The van der Waals surface area contributed by atoms with Crippen LogP contribution in [0.3, 0.4) is 0 Å². The molecule has 7 nitrogen and oxygen atoms in total. The van der Waals surface area contributed by atoms with E-state index in [1.807, 2.05) is 11.8 Å². The number of guanidine groups is 1. The highest BCUT2D eigenvalue weighted by Crippen LogP contribution is 2.21. The van der Waals surface area contributed by atoms with Gasteiger partial charge in [-0.3, -0.25) is 0 Å². The maximum atomic E-state index is 14.0. The van der Waals surface area contributed by atoms with Crippen molar-refractivity contribution >= 4 is 35.8 Å². The molecule has 1 atom stereocenters. The van der Waals surface area contributed by atoms with Crippen molar-refractivity contribution in [2.24, 2.45) is 4.99 Å². The fourth-order valence-electron chi connectivity index (χ4n) is 3.15. The molecule has 2 N–H and O–H groups in total. The molecule has 1 aliphatic heterocycles. The highest BCUT2D eigenvalue weighted by molar-refractivity contribution is 14.0. The number of alkyl halides is 3. The number of pyridine rings is 2. The average Bonchev–Trinajstić information content (AvgIpc) is 3.19. The number of hydrogen-bond acceptors (Lipinski definition) is 5. The van der Waals surface area contributed by atoms with E-state index in [2.05, 4.69) is 30.3 Å². The minimum absolute atomic E-state index is 0. The van der Waals surface area contributed by atoms with E-state index in [1.165, 1.54) is 18.3 Å². The number of rotatable bonds is 7. The van der Waals surface area contributed by atoms with Crippen molar-refractivity contribution in [3.63, 3.8) is 0 Å². The second-order valence-corrected chi connectivity index (χ2v) is 6.99. The summed E-state index contributed by atoms with van der Waals surface area (Å²) < 4.78 is 55.6. The number of aromatic nitrogens is 2. The van der Waals surface area contributed by atoms with Crippen LogP contribution in [0.25, 0.3) is 0 Å². The van der Waals surface area contributed by atoms with Crippen molar-refractivity contribution in [2.75, 3.05) is 31.1 Å². The number of nitrogens with one attached hydrogen (secondary N) is 2. The van der Waals surface area contributed by atoms with Gasteiger partial charge in [0.15, 0.2) is 24.2 Å². The van der Waals surface area contributed by atoms with Crippen LogP contribution in [0.15, 0.2) is 41.7 Å². The molecule has 1 aliphatic rings. The van der Waals surface area contributed by atoms with Crippen LogP contribution in [0.4, 0.5) is 23.4 Å². The van der Waals surface area contributed by atoms with Gasteiger partial charge in [0.1, 0.15) is 0 Å². The SMILES string of the molecule is CCNC(=NCc1ccnc(OCC(F)(F)F)c1)NC1CCN(c2ncccc2F)C1.I. The van der Waals surface area contributed by atoms with Crippen LogP contribution in [0, 0.1) is 5.82 Å². The third-order valence-corrected chi connectivity index (χ3v) is 4.51. The van der Waals surface area contributed by atoms with Crippen LogP contribution < -0.4 is 20.3 Å². The highest BCUT2D eigenvalue weighted by Gasteiger charge is 2.29. The minimum Gasteiger partial charge on any atom is -0.468 e. The number of hydrogen-bond donors (Lipinski definition) is 2. The van der Waals surface area contributed by atoms with Crippen LogP contribution in [0.5, 0.6) is 5.88 Å². The van der Waals surface area contributed by atoms with Crippen LogP contribution in [-0.2, 0) is 6.54 Å². The molecule has 0 spiro atoms. The van der Waals surface area contributed by atoms with Gasteiger partial charge in [0.2, 0.25) is 5.88 Å². The topological polar surface area (TPSA) is 74.7 Å². The zero-order valence-corrected chi connectivity index (χ0v) is 19.7. The number of anilines is 1. The lowest BCUT2D eigenvalue weighted by molar-refractivity contribution is -0.154. The van der Waals surface area contributed by atoms with E-state index >= 15 is 0 Å². The summed E-state index contributed by atoms with van der Waals surface area (Å²) in [6.45, 7) is 2.63. The van der Waals surface area contributed by atoms with Gasteiger partial charge in [0, 0.05) is 44.1 Å². The summed E-state index contributed by atoms with van der Waals surface area (Å²) in [5.74, 6) is 0.430. The van der Waals surface area contributed by atoms with Gasteiger partial charge in [0.05, 0.1) is 6.54 Å². The Morgan fingerprint density at radius 3 is 2.81 bits per heavy atom. The van der Waals surface area contributed by atoms with Gasteiger partial charge in [-0.1, -0.05) is 0 Å². The molecule has 176 valence electrons. The lowest BCUT2D eigenvalue weighted by Crippen LogP contribution is -2.44. The van der Waals surface area contributed by atoms with Gasteiger partial charge in [-0.25, -0.2) is 19.4 Å². The van der Waals surface area contributed by atoms with E-state index < -0.39 is 12.8 Å². The quantitative estimate of drug-likeness (QED) is 0.231. The third-order valence-electron chi connectivity index (χ3n) is 4.51. The largest absolute Gasteiger partial charge is 0.468 e. The summed E-state index contributed by atoms with van der Waals surface area (Å²) in [5, 5.41) is 6.46. The van der Waals surface area contributed by atoms with Crippen molar-refractivity contribution in [3.05, 3.63) is 48.0 Å². The molecule has 0 aromatic carbocycles. The number of ether oxygens (including phenoxy) is 1. The smallest absolute Gasteiger partial charge is 0.422 e. The Kier molecular flexibility index (Phi) is 9.72. The number of halogens is 5. The van der Waals surface area contributed by atoms with E-state index in [1.54, 1.807) is 18.3 Å². The first-order valence-corrected chi connectivity index (χ1v) is 9.89. The minimum atomic E-state index is -4.43. The van der Waals surface area contributed by atoms with E-state index in [9.17, 15) is 17.6 Å². The maximum absolute atomic E-state index is 14.0. The van der Waals surface area contributed by atoms with Crippen molar-refractivity contribution in [2.45, 2.75) is 32.1 Å². The van der Waals surface area contributed by atoms with Gasteiger partial charge >= 0.3 is 6.18 Å². The fourth-order valence-corrected chi connectivity index (χ4v) is 3.15. The summed E-state index contributed by atoms with van der Waals surface area (Å²) in [6, 6.07) is 6.08. The van der Waals surface area contributed by atoms with E-state index in [-0.39, 0.29) is 48.3 Å². The Balaban J connectivity index is 0.00000363. The Labute approximate surface area is 200 Å². The Hall–Kier alpha value is -2.38. The molecule has 3 rings (SSSR count). The molecule has 2 aromatic heterocycles. The normalized spacial score (nSPS) is 16.5. The van der Waals surface area contributed by atoms with E-state index in [0.717, 1.165) is 6.42 Å². The molecular formula is C20H25F4IN6O. The first kappa shape index (κ1) is 25.9. The first-order valence-electron chi connectivity index (χ1n) is 9.89. The van der Waals surface area contributed by atoms with Crippen molar-refractivity contribution in [1.82, 2.24) is 20.6 Å². The van der Waals surface area contributed by atoms with Crippen molar-refractivity contribution in [3.8, 4) is 5.88 Å². The molecule has 0 amide bonds. The molecule has 0 saturated carbocycles. The summed E-state index contributed by atoms with van der Waals surface area (Å²) in [6.07, 6.45) is -0.699. The fraction of sp³-hybridized carbons (Fsp3) is 0.450. The van der Waals surface area contributed by atoms with E-state index in [0.29, 0.717) is 37.0 Å². The van der Waals surface area contributed by atoms with Crippen LogP contribution in [0.1, 0.15) is 18.9 Å². The molecule has 12 heteroatoms. The van der Waals surface area contributed by atoms with Crippen molar-refractivity contribution in [1.29, 1.82) is 0 Å². The zero-order chi connectivity index (χ0) is 22.3. The van der Waals surface area contributed by atoms with Gasteiger partial charge in [-0.2, -0.15) is 13.2 Å². The van der Waals surface area contributed by atoms with Gasteiger partial charge in [-0.15, -0.1) is 24.0 Å². The molecule has 1 fully saturated rings. The van der Waals surface area contributed by atoms with Crippen LogP contribution >= 0.6 is 24.0 Å². The number of nitrogens with zero attached hydrogens (tertiary/aromatic N) is 4. The Morgan fingerprint density at radius 2 is 2.09 bits per heavy atom. The first-order chi connectivity index (χ1) is 14.8. The monoisotopic (exact) mass is 568 g/mol. The molecule has 3 heterocycles. The van der Waals surface area contributed by atoms with Crippen LogP contribution in [0.2, 0.25) is 0 Å². The van der Waals surface area contributed by atoms with Gasteiger partial charge < -0.3 is 20.3 Å². The average molecular weight is 568 g/mol. The zero-order valence-electron chi connectivity index (χ0n) is 17.4. The predicted molar refractivity (Wildman–Crippen MR) is 124 cm³/mol. The van der Waals surface area contributed by atoms with Crippen LogP contribution in [-0.4, -0.2) is 54.4 Å². The molecule has 0 bridgehead atoms. The predicted octanol–water partition coefficient (Wildman–Crippen LogP) is 3.51. The summed E-state index contributed by atoms with van der Waals surface area (Å²) >= 11 is 0.